The predicted octanol–water partition coefficient (Wildman–Crippen LogP) is 9.88. The summed E-state index contributed by atoms with van der Waals surface area (Å²) < 4.78 is 2.45. The molecule has 0 fully saturated rings. The number of para-hydroxylation sites is 3. The van der Waals surface area contributed by atoms with Crippen molar-refractivity contribution < 1.29 is 0 Å². The number of fused-ring (bicyclic) bond motifs is 15. The first kappa shape index (κ1) is 20.0. The number of nitrogens with zero attached hydrogens (tertiary/aromatic N) is 1. The molecule has 38 heavy (non-hydrogen) atoms. The van der Waals surface area contributed by atoms with Crippen LogP contribution in [0.5, 0.6) is 0 Å². The molecule has 7 aromatic carbocycles. The van der Waals surface area contributed by atoms with Crippen LogP contribution in [-0.4, -0.2) is 9.55 Å². The van der Waals surface area contributed by atoms with Crippen LogP contribution >= 0.6 is 0 Å². The third-order valence-electron chi connectivity index (χ3n) is 8.26. The number of H-pyrrole nitrogens is 1. The molecule has 176 valence electrons. The first-order valence-corrected chi connectivity index (χ1v) is 13.1. The van der Waals surface area contributed by atoms with Gasteiger partial charge in [-0.1, -0.05) is 103 Å². The van der Waals surface area contributed by atoms with Gasteiger partial charge in [-0.15, -0.1) is 0 Å². The van der Waals surface area contributed by atoms with Crippen LogP contribution in [0, 0.1) is 0 Å². The SMILES string of the molecule is c1ccc(-n2c3ccccc3c3c4c5ccccc5c5c6ccccc6[nH]c5c4c4ccccc4c32)cc1. The molecule has 0 radical (unpaired) electrons. The lowest BCUT2D eigenvalue weighted by Gasteiger charge is -2.15. The monoisotopic (exact) mass is 482 g/mol. The summed E-state index contributed by atoms with van der Waals surface area (Å²) in [6.45, 7) is 0. The Morgan fingerprint density at radius 2 is 0.947 bits per heavy atom. The van der Waals surface area contributed by atoms with Crippen LogP contribution < -0.4 is 0 Å². The van der Waals surface area contributed by atoms with Crippen molar-refractivity contribution in [2.45, 2.75) is 0 Å². The molecular formula is C36H22N2. The molecule has 0 unspecified atom stereocenters. The number of rotatable bonds is 1. The summed E-state index contributed by atoms with van der Waals surface area (Å²) in [5, 5.41) is 12.9. The van der Waals surface area contributed by atoms with Gasteiger partial charge < -0.3 is 9.55 Å². The molecule has 0 aliphatic heterocycles. The standard InChI is InChI=1S/C36H22N2/c1-2-12-22(13-3-1)38-30-21-11-9-19-28(30)34-32-24-15-5-4-14-23(24)31-27-18-8-10-20-29(27)37-35(31)33(32)25-16-6-7-17-26(25)36(34)38/h1-21,37H. The van der Waals surface area contributed by atoms with Crippen molar-refractivity contribution in [2.24, 2.45) is 0 Å². The van der Waals surface area contributed by atoms with Crippen molar-refractivity contribution in [1.82, 2.24) is 9.55 Å². The minimum Gasteiger partial charge on any atom is -0.354 e. The minimum atomic E-state index is 1.18. The summed E-state index contributed by atoms with van der Waals surface area (Å²) in [5.41, 5.74) is 6.07. The van der Waals surface area contributed by atoms with E-state index in [0.717, 1.165) is 0 Å². The van der Waals surface area contributed by atoms with Gasteiger partial charge in [0.15, 0.2) is 0 Å². The van der Waals surface area contributed by atoms with Gasteiger partial charge in [-0.3, -0.25) is 0 Å². The van der Waals surface area contributed by atoms with Gasteiger partial charge in [0.25, 0.3) is 0 Å². The Hall–Kier alpha value is -5.08. The van der Waals surface area contributed by atoms with E-state index in [1.807, 2.05) is 0 Å². The summed E-state index contributed by atoms with van der Waals surface area (Å²) in [6.07, 6.45) is 0. The predicted molar refractivity (Wildman–Crippen MR) is 163 cm³/mol. The van der Waals surface area contributed by atoms with Gasteiger partial charge in [-0.2, -0.15) is 0 Å². The van der Waals surface area contributed by atoms with Gasteiger partial charge in [0, 0.05) is 48.9 Å². The van der Waals surface area contributed by atoms with Gasteiger partial charge in [-0.25, -0.2) is 0 Å². The fourth-order valence-corrected chi connectivity index (χ4v) is 6.82. The molecule has 9 rings (SSSR count). The maximum atomic E-state index is 3.85. The van der Waals surface area contributed by atoms with Gasteiger partial charge in [0.1, 0.15) is 0 Å². The highest BCUT2D eigenvalue weighted by Gasteiger charge is 2.23. The van der Waals surface area contributed by atoms with Crippen LogP contribution in [-0.2, 0) is 0 Å². The Labute approximate surface area is 218 Å². The number of hydrogen-bond acceptors (Lipinski definition) is 0. The highest BCUT2D eigenvalue weighted by molar-refractivity contribution is 6.44. The zero-order valence-electron chi connectivity index (χ0n) is 20.6. The molecule has 2 aromatic heterocycles. The molecule has 0 saturated heterocycles. The van der Waals surface area contributed by atoms with E-state index in [0.29, 0.717) is 0 Å². The van der Waals surface area contributed by atoms with Crippen LogP contribution in [0.3, 0.4) is 0 Å². The van der Waals surface area contributed by atoms with Crippen molar-refractivity contribution in [1.29, 1.82) is 0 Å². The normalized spacial score (nSPS) is 12.2. The average Bonchev–Trinajstić information content (AvgIpc) is 3.54. The molecular weight excluding hydrogens is 460 g/mol. The smallest absolute Gasteiger partial charge is 0.0626 e. The lowest BCUT2D eigenvalue weighted by Crippen LogP contribution is -1.94. The Balaban J connectivity index is 1.71. The van der Waals surface area contributed by atoms with Crippen LogP contribution in [0.4, 0.5) is 0 Å². The number of hydrogen-bond donors (Lipinski definition) is 1. The minimum absolute atomic E-state index is 1.18. The van der Waals surface area contributed by atoms with Crippen molar-refractivity contribution in [3.8, 4) is 5.69 Å². The fourth-order valence-electron chi connectivity index (χ4n) is 6.82. The van der Waals surface area contributed by atoms with E-state index >= 15 is 0 Å². The molecule has 1 N–H and O–H groups in total. The van der Waals surface area contributed by atoms with Crippen LogP contribution in [0.25, 0.3) is 81.6 Å². The molecule has 0 aliphatic rings. The molecule has 0 aliphatic carbocycles. The Morgan fingerprint density at radius 3 is 1.71 bits per heavy atom. The van der Waals surface area contributed by atoms with E-state index < -0.39 is 0 Å². The van der Waals surface area contributed by atoms with E-state index in [1.165, 1.54) is 81.6 Å². The number of aromatic amines is 1. The summed E-state index contributed by atoms with van der Waals surface area (Å²) >= 11 is 0. The zero-order valence-corrected chi connectivity index (χ0v) is 20.6. The van der Waals surface area contributed by atoms with Crippen LogP contribution in [0.2, 0.25) is 0 Å². The van der Waals surface area contributed by atoms with E-state index in [2.05, 4.69) is 137 Å². The van der Waals surface area contributed by atoms with E-state index in [9.17, 15) is 0 Å². The van der Waals surface area contributed by atoms with Gasteiger partial charge in [0.05, 0.1) is 16.6 Å². The Bertz CT molecular complexity index is 2390. The highest BCUT2D eigenvalue weighted by atomic mass is 15.0. The lowest BCUT2D eigenvalue weighted by atomic mass is 9.90. The van der Waals surface area contributed by atoms with Gasteiger partial charge >= 0.3 is 0 Å². The van der Waals surface area contributed by atoms with Crippen LogP contribution in [0.15, 0.2) is 127 Å². The zero-order chi connectivity index (χ0) is 24.8. The molecule has 0 amide bonds. The summed E-state index contributed by atoms with van der Waals surface area (Å²) in [4.78, 5) is 3.85. The summed E-state index contributed by atoms with van der Waals surface area (Å²) in [5.74, 6) is 0. The molecule has 9 aromatic rings. The van der Waals surface area contributed by atoms with E-state index in [-0.39, 0.29) is 0 Å². The maximum absolute atomic E-state index is 3.85. The van der Waals surface area contributed by atoms with Gasteiger partial charge in [0.2, 0.25) is 0 Å². The molecule has 2 heterocycles. The second-order valence-electron chi connectivity index (χ2n) is 10.2. The molecule has 0 bridgehead atoms. The summed E-state index contributed by atoms with van der Waals surface area (Å²) in [7, 11) is 0. The largest absolute Gasteiger partial charge is 0.354 e. The quantitative estimate of drug-likeness (QED) is 0.225. The Morgan fingerprint density at radius 1 is 0.395 bits per heavy atom. The third-order valence-corrected chi connectivity index (χ3v) is 8.26. The van der Waals surface area contributed by atoms with Crippen molar-refractivity contribution in [3.05, 3.63) is 127 Å². The fraction of sp³-hybridized carbons (Fsp3) is 0. The first-order valence-electron chi connectivity index (χ1n) is 13.1. The van der Waals surface area contributed by atoms with Gasteiger partial charge in [-0.05, 0) is 40.4 Å². The Kier molecular flexibility index (Phi) is 3.82. The number of benzene rings is 7. The van der Waals surface area contributed by atoms with Crippen molar-refractivity contribution in [2.75, 3.05) is 0 Å². The number of aromatic nitrogens is 2. The van der Waals surface area contributed by atoms with E-state index in [1.54, 1.807) is 0 Å². The highest BCUT2D eigenvalue weighted by Crippen LogP contribution is 2.48. The third kappa shape index (κ3) is 2.42. The second-order valence-corrected chi connectivity index (χ2v) is 10.2. The molecule has 2 heteroatoms. The molecule has 2 nitrogen and oxygen atoms in total. The topological polar surface area (TPSA) is 20.7 Å². The first-order chi connectivity index (χ1) is 18.9. The maximum Gasteiger partial charge on any atom is 0.0626 e. The molecule has 0 atom stereocenters. The molecule has 0 saturated carbocycles. The van der Waals surface area contributed by atoms with Crippen LogP contribution in [0.1, 0.15) is 0 Å². The average molecular weight is 483 g/mol. The molecule has 0 spiro atoms. The second kappa shape index (κ2) is 7.24. The van der Waals surface area contributed by atoms with Crippen molar-refractivity contribution >= 4 is 75.9 Å². The van der Waals surface area contributed by atoms with E-state index in [4.69, 9.17) is 0 Å². The van der Waals surface area contributed by atoms with Crippen molar-refractivity contribution in [3.63, 3.8) is 0 Å². The summed E-state index contributed by atoms with van der Waals surface area (Å²) in [6, 6.07) is 46.2. The lowest BCUT2D eigenvalue weighted by molar-refractivity contribution is 1.19. The number of nitrogens with one attached hydrogen (secondary N) is 1.